The minimum absolute atomic E-state index is 0.0721. The quantitative estimate of drug-likeness (QED) is 0.798. The smallest absolute Gasteiger partial charge is 0.231 e. The normalized spacial score (nSPS) is 18.0. The van der Waals surface area contributed by atoms with Gasteiger partial charge < -0.3 is 14.4 Å². The first-order valence-electron chi connectivity index (χ1n) is 7.28. The number of hydrogen-bond donors (Lipinski definition) is 0. The predicted molar refractivity (Wildman–Crippen MR) is 76.5 cm³/mol. The standard InChI is InChI=1S/C16H19NO4/c1-10(17(2)16(19)11-4-3-5-11)15(18)12-6-7-13-14(8-12)21-9-20-13/h6-8,10-11H,3-5,9H2,1-2H3. The van der Waals surface area contributed by atoms with E-state index in [0.29, 0.717) is 17.1 Å². The van der Waals surface area contributed by atoms with Crippen molar-refractivity contribution in [3.8, 4) is 11.5 Å². The summed E-state index contributed by atoms with van der Waals surface area (Å²) >= 11 is 0. The van der Waals surface area contributed by atoms with E-state index in [0.717, 1.165) is 19.3 Å². The fraction of sp³-hybridized carbons (Fsp3) is 0.500. The number of ether oxygens (including phenoxy) is 2. The van der Waals surface area contributed by atoms with Crippen LogP contribution >= 0.6 is 0 Å². The molecule has 5 heteroatoms. The molecule has 1 fully saturated rings. The number of carbonyl (C=O) groups excluding carboxylic acids is 2. The molecule has 1 saturated carbocycles. The molecule has 1 heterocycles. The lowest BCUT2D eigenvalue weighted by Crippen LogP contribution is -2.44. The third-order valence-electron chi connectivity index (χ3n) is 4.42. The Morgan fingerprint density at radius 2 is 1.95 bits per heavy atom. The van der Waals surface area contributed by atoms with Crippen molar-refractivity contribution in [2.24, 2.45) is 5.92 Å². The highest BCUT2D eigenvalue weighted by atomic mass is 16.7. The van der Waals surface area contributed by atoms with Crippen LogP contribution in [0, 0.1) is 5.92 Å². The summed E-state index contributed by atoms with van der Waals surface area (Å²) in [7, 11) is 1.70. The maximum atomic E-state index is 12.5. The molecule has 0 bridgehead atoms. The average molecular weight is 289 g/mol. The van der Waals surface area contributed by atoms with Crippen LogP contribution in [-0.4, -0.2) is 36.5 Å². The van der Waals surface area contributed by atoms with Gasteiger partial charge in [0, 0.05) is 18.5 Å². The van der Waals surface area contributed by atoms with Gasteiger partial charge in [-0.05, 0) is 38.0 Å². The predicted octanol–water partition coefficient (Wildman–Crippen LogP) is 2.25. The number of fused-ring (bicyclic) bond motifs is 1. The lowest BCUT2D eigenvalue weighted by atomic mass is 9.84. The number of amides is 1. The third kappa shape index (κ3) is 2.48. The van der Waals surface area contributed by atoms with Gasteiger partial charge in [0.25, 0.3) is 0 Å². The van der Waals surface area contributed by atoms with Crippen LogP contribution in [0.25, 0.3) is 0 Å². The summed E-state index contributed by atoms with van der Waals surface area (Å²) in [6.45, 7) is 1.95. The largest absolute Gasteiger partial charge is 0.454 e. The summed E-state index contributed by atoms with van der Waals surface area (Å²) in [6.07, 6.45) is 2.98. The molecule has 21 heavy (non-hydrogen) atoms. The van der Waals surface area contributed by atoms with Crippen molar-refractivity contribution in [2.45, 2.75) is 32.2 Å². The van der Waals surface area contributed by atoms with Gasteiger partial charge in [0.05, 0.1) is 6.04 Å². The molecule has 0 spiro atoms. The maximum Gasteiger partial charge on any atom is 0.231 e. The van der Waals surface area contributed by atoms with E-state index in [1.807, 2.05) is 0 Å². The molecule has 112 valence electrons. The van der Waals surface area contributed by atoms with E-state index in [-0.39, 0.29) is 24.4 Å². The summed E-state index contributed by atoms with van der Waals surface area (Å²) in [5, 5.41) is 0. The Bertz CT molecular complexity index is 580. The fourth-order valence-corrected chi connectivity index (χ4v) is 2.60. The van der Waals surface area contributed by atoms with Gasteiger partial charge in [-0.15, -0.1) is 0 Å². The van der Waals surface area contributed by atoms with Crippen molar-refractivity contribution in [1.29, 1.82) is 0 Å². The van der Waals surface area contributed by atoms with Gasteiger partial charge in [0.2, 0.25) is 12.7 Å². The van der Waals surface area contributed by atoms with Crippen LogP contribution < -0.4 is 9.47 Å². The molecule has 1 aliphatic heterocycles. The van der Waals surface area contributed by atoms with Gasteiger partial charge in [-0.3, -0.25) is 9.59 Å². The number of hydrogen-bond acceptors (Lipinski definition) is 4. The van der Waals surface area contributed by atoms with E-state index >= 15 is 0 Å². The molecular formula is C16H19NO4. The second kappa shape index (κ2) is 5.39. The fourth-order valence-electron chi connectivity index (χ4n) is 2.60. The van der Waals surface area contributed by atoms with Crippen molar-refractivity contribution in [3.63, 3.8) is 0 Å². The Hall–Kier alpha value is -2.04. The zero-order chi connectivity index (χ0) is 15.0. The Morgan fingerprint density at radius 3 is 2.62 bits per heavy atom. The first kappa shape index (κ1) is 13.9. The summed E-state index contributed by atoms with van der Waals surface area (Å²) < 4.78 is 10.5. The number of nitrogens with zero attached hydrogens (tertiary/aromatic N) is 1. The summed E-state index contributed by atoms with van der Waals surface area (Å²) in [5.74, 6) is 1.33. The second-order valence-corrected chi connectivity index (χ2v) is 5.69. The van der Waals surface area contributed by atoms with Gasteiger partial charge in [-0.1, -0.05) is 6.42 Å². The highest BCUT2D eigenvalue weighted by Crippen LogP contribution is 2.33. The topological polar surface area (TPSA) is 55.8 Å². The van der Waals surface area contributed by atoms with Gasteiger partial charge in [0.1, 0.15) is 0 Å². The van der Waals surface area contributed by atoms with Crippen LogP contribution in [0.1, 0.15) is 36.5 Å². The number of ketones is 1. The van der Waals surface area contributed by atoms with Crippen LogP contribution in [-0.2, 0) is 4.79 Å². The van der Waals surface area contributed by atoms with Gasteiger partial charge >= 0.3 is 0 Å². The summed E-state index contributed by atoms with van der Waals surface area (Å²) in [4.78, 5) is 26.3. The lowest BCUT2D eigenvalue weighted by molar-refractivity contribution is -0.137. The van der Waals surface area contributed by atoms with Crippen LogP contribution in [0.3, 0.4) is 0 Å². The minimum atomic E-state index is -0.474. The third-order valence-corrected chi connectivity index (χ3v) is 4.42. The van der Waals surface area contributed by atoms with Crippen molar-refractivity contribution in [1.82, 2.24) is 4.90 Å². The first-order valence-corrected chi connectivity index (χ1v) is 7.28. The molecular weight excluding hydrogens is 270 g/mol. The first-order chi connectivity index (χ1) is 10.1. The van der Waals surface area contributed by atoms with Crippen LogP contribution in [0.15, 0.2) is 18.2 Å². The van der Waals surface area contributed by atoms with Crippen LogP contribution in [0.4, 0.5) is 0 Å². The molecule has 0 aromatic heterocycles. The van der Waals surface area contributed by atoms with Crippen molar-refractivity contribution in [3.05, 3.63) is 23.8 Å². The van der Waals surface area contributed by atoms with E-state index in [1.54, 1.807) is 37.1 Å². The van der Waals surface area contributed by atoms with Crippen molar-refractivity contribution in [2.75, 3.05) is 13.8 Å². The number of rotatable bonds is 4. The molecule has 1 aromatic rings. The van der Waals surface area contributed by atoms with E-state index in [9.17, 15) is 9.59 Å². The summed E-state index contributed by atoms with van der Waals surface area (Å²) in [5.41, 5.74) is 0.542. The Balaban J connectivity index is 1.73. The molecule has 0 radical (unpaired) electrons. The molecule has 1 aromatic carbocycles. The molecule has 1 atom stereocenters. The van der Waals surface area contributed by atoms with Gasteiger partial charge in [-0.25, -0.2) is 0 Å². The molecule has 5 nitrogen and oxygen atoms in total. The molecule has 1 aliphatic carbocycles. The highest BCUT2D eigenvalue weighted by Gasteiger charge is 2.32. The minimum Gasteiger partial charge on any atom is -0.454 e. The molecule has 0 N–H and O–H groups in total. The average Bonchev–Trinajstić information content (AvgIpc) is 2.90. The van der Waals surface area contributed by atoms with Crippen LogP contribution in [0.2, 0.25) is 0 Å². The SMILES string of the molecule is CC(C(=O)c1ccc2c(c1)OCO2)N(C)C(=O)C1CCC1. The van der Waals surface area contributed by atoms with Crippen molar-refractivity contribution >= 4 is 11.7 Å². The highest BCUT2D eigenvalue weighted by molar-refractivity contribution is 6.02. The number of carbonyl (C=O) groups is 2. The molecule has 1 amide bonds. The maximum absolute atomic E-state index is 12.5. The zero-order valence-electron chi connectivity index (χ0n) is 12.3. The summed E-state index contributed by atoms with van der Waals surface area (Å²) in [6, 6.07) is 4.66. The van der Waals surface area contributed by atoms with Gasteiger partial charge in [0.15, 0.2) is 17.3 Å². The number of Topliss-reactive ketones (excluding diaryl/α,β-unsaturated/α-hetero) is 1. The van der Waals surface area contributed by atoms with E-state index in [4.69, 9.17) is 9.47 Å². The Labute approximate surface area is 123 Å². The van der Waals surface area contributed by atoms with Gasteiger partial charge in [-0.2, -0.15) is 0 Å². The molecule has 3 rings (SSSR count). The number of likely N-dealkylation sites (N-methyl/N-ethyl adjacent to an activating group) is 1. The molecule has 2 aliphatic rings. The zero-order valence-corrected chi connectivity index (χ0v) is 12.3. The van der Waals surface area contributed by atoms with E-state index < -0.39 is 6.04 Å². The van der Waals surface area contributed by atoms with E-state index in [1.165, 1.54) is 0 Å². The monoisotopic (exact) mass is 289 g/mol. The Morgan fingerprint density at radius 1 is 1.24 bits per heavy atom. The van der Waals surface area contributed by atoms with E-state index in [2.05, 4.69) is 0 Å². The Kier molecular flexibility index (Phi) is 3.57. The van der Waals surface area contributed by atoms with Crippen molar-refractivity contribution < 1.29 is 19.1 Å². The molecule has 0 saturated heterocycles. The second-order valence-electron chi connectivity index (χ2n) is 5.69. The number of benzene rings is 1. The molecule has 1 unspecified atom stereocenters. The van der Waals surface area contributed by atoms with Crippen LogP contribution in [0.5, 0.6) is 11.5 Å². The lowest BCUT2D eigenvalue weighted by Gasteiger charge is -2.32.